The van der Waals surface area contributed by atoms with Gasteiger partial charge in [0.15, 0.2) is 0 Å². The van der Waals surface area contributed by atoms with Gasteiger partial charge < -0.3 is 10.6 Å². The van der Waals surface area contributed by atoms with Crippen LogP contribution in [0.3, 0.4) is 0 Å². The topological polar surface area (TPSA) is 66.6 Å². The zero-order valence-electron chi connectivity index (χ0n) is 17.2. The highest BCUT2D eigenvalue weighted by Crippen LogP contribution is 2.23. The van der Waals surface area contributed by atoms with Crippen LogP contribution in [0.4, 0.5) is 0 Å². The maximum Gasteiger partial charge on any atom is 0.236 e. The average molecular weight is 384 g/mol. The monoisotopic (exact) mass is 383 g/mol. The van der Waals surface area contributed by atoms with Crippen molar-refractivity contribution in [1.82, 2.24) is 9.80 Å². The second-order valence-corrected chi connectivity index (χ2v) is 8.27. The number of nitrogens with zero attached hydrogens (tertiary/aromatic N) is 2. The van der Waals surface area contributed by atoms with Crippen molar-refractivity contribution >= 4 is 17.9 Å². The second-order valence-electron chi connectivity index (χ2n) is 8.27. The molecule has 2 aliphatic heterocycles. The molecular weight excluding hydrogens is 350 g/mol. The second kappa shape index (κ2) is 9.37. The Balaban J connectivity index is 1.51. The number of carbonyl (C=O) groups excluding carboxylic acids is 2. The van der Waals surface area contributed by atoms with Crippen LogP contribution in [0, 0.1) is 19.8 Å². The lowest BCUT2D eigenvalue weighted by Crippen LogP contribution is -2.52. The molecule has 1 atom stereocenters. The van der Waals surface area contributed by atoms with Crippen molar-refractivity contribution in [2.45, 2.75) is 52.0 Å². The minimum Gasteiger partial charge on any atom is -0.368 e. The third-order valence-corrected chi connectivity index (χ3v) is 6.25. The Labute approximate surface area is 168 Å². The van der Waals surface area contributed by atoms with Crippen LogP contribution in [0.2, 0.25) is 0 Å². The molecule has 2 amide bonds. The highest BCUT2D eigenvalue weighted by molar-refractivity contribution is 5.82. The van der Waals surface area contributed by atoms with E-state index in [-0.39, 0.29) is 17.9 Å². The molecule has 2 aliphatic rings. The van der Waals surface area contributed by atoms with Gasteiger partial charge in [0.2, 0.25) is 11.8 Å². The van der Waals surface area contributed by atoms with E-state index in [1.165, 1.54) is 16.7 Å². The van der Waals surface area contributed by atoms with Crippen LogP contribution in [0.5, 0.6) is 0 Å². The summed E-state index contributed by atoms with van der Waals surface area (Å²) in [6.07, 6.45) is 9.36. The molecule has 0 spiro atoms. The molecule has 0 saturated carbocycles. The number of allylic oxidation sites excluding steroid dienone is 1. The van der Waals surface area contributed by atoms with Crippen LogP contribution < -0.4 is 5.73 Å². The van der Waals surface area contributed by atoms with Crippen molar-refractivity contribution in [3.05, 3.63) is 41.0 Å². The van der Waals surface area contributed by atoms with Crippen LogP contribution in [0.15, 0.2) is 24.3 Å². The van der Waals surface area contributed by atoms with Crippen molar-refractivity contribution in [2.24, 2.45) is 11.7 Å². The Kier molecular flexibility index (Phi) is 6.89. The van der Waals surface area contributed by atoms with Crippen molar-refractivity contribution in [1.29, 1.82) is 0 Å². The average Bonchev–Trinajstić information content (AvgIpc) is 2.68. The summed E-state index contributed by atoms with van der Waals surface area (Å²) < 4.78 is 0. The summed E-state index contributed by atoms with van der Waals surface area (Å²) in [5.41, 5.74) is 9.43. The maximum atomic E-state index is 12.7. The number of primary amides is 1. The number of nitrogens with two attached hydrogens (primary N) is 1. The quantitative estimate of drug-likeness (QED) is 0.850. The third kappa shape index (κ3) is 5.02. The molecule has 28 heavy (non-hydrogen) atoms. The number of likely N-dealkylation sites (tertiary alicyclic amines) is 2. The van der Waals surface area contributed by atoms with Gasteiger partial charge in [-0.2, -0.15) is 0 Å². The summed E-state index contributed by atoms with van der Waals surface area (Å²) in [4.78, 5) is 28.3. The van der Waals surface area contributed by atoms with Crippen molar-refractivity contribution in [2.75, 3.05) is 26.2 Å². The molecule has 2 N–H and O–H groups in total. The number of hydrogen-bond acceptors (Lipinski definition) is 3. The molecule has 0 bridgehead atoms. The van der Waals surface area contributed by atoms with E-state index < -0.39 is 0 Å². The van der Waals surface area contributed by atoms with Gasteiger partial charge in [0.05, 0.1) is 12.6 Å². The molecule has 0 aromatic heterocycles. The first kappa shape index (κ1) is 20.6. The molecule has 152 valence electrons. The molecule has 2 saturated heterocycles. The number of piperidine rings is 2. The molecule has 0 aliphatic carbocycles. The molecule has 3 rings (SSSR count). The number of rotatable bonds is 5. The molecule has 1 aromatic carbocycles. The van der Waals surface area contributed by atoms with E-state index in [0.717, 1.165) is 51.7 Å². The summed E-state index contributed by atoms with van der Waals surface area (Å²) in [6, 6.07) is 6.11. The lowest BCUT2D eigenvalue weighted by molar-refractivity contribution is -0.136. The summed E-state index contributed by atoms with van der Waals surface area (Å²) >= 11 is 0. The molecule has 2 heterocycles. The lowest BCUT2D eigenvalue weighted by atomic mass is 9.94. The molecule has 1 aromatic rings. The largest absolute Gasteiger partial charge is 0.368 e. The third-order valence-electron chi connectivity index (χ3n) is 6.25. The fourth-order valence-electron chi connectivity index (χ4n) is 4.44. The van der Waals surface area contributed by atoms with Gasteiger partial charge in [-0.3, -0.25) is 14.5 Å². The van der Waals surface area contributed by atoms with Gasteiger partial charge in [-0.05, 0) is 68.7 Å². The molecule has 0 radical (unpaired) electrons. The van der Waals surface area contributed by atoms with Crippen LogP contribution in [-0.4, -0.2) is 53.8 Å². The van der Waals surface area contributed by atoms with E-state index in [0.29, 0.717) is 12.5 Å². The van der Waals surface area contributed by atoms with E-state index >= 15 is 0 Å². The first-order valence-electron chi connectivity index (χ1n) is 10.5. The summed E-state index contributed by atoms with van der Waals surface area (Å²) in [7, 11) is 0. The predicted molar refractivity (Wildman–Crippen MR) is 113 cm³/mol. The van der Waals surface area contributed by atoms with Gasteiger partial charge in [0, 0.05) is 13.1 Å². The van der Waals surface area contributed by atoms with Gasteiger partial charge in [0.1, 0.15) is 0 Å². The SMILES string of the molecule is Cc1cccc(C)c1/C=C/C1CCN(C(=O)CN2CCCCC2C(N)=O)CC1. The zero-order valence-corrected chi connectivity index (χ0v) is 17.2. The number of benzene rings is 1. The molecular formula is C23H33N3O2. The Morgan fingerprint density at radius 2 is 1.75 bits per heavy atom. The Hall–Kier alpha value is -2.14. The normalized spacial score (nSPS) is 21.9. The fourth-order valence-corrected chi connectivity index (χ4v) is 4.44. The number of carbonyl (C=O) groups is 2. The van der Waals surface area contributed by atoms with Gasteiger partial charge in [-0.25, -0.2) is 0 Å². The minimum absolute atomic E-state index is 0.130. The van der Waals surface area contributed by atoms with Crippen molar-refractivity contribution < 1.29 is 9.59 Å². The van der Waals surface area contributed by atoms with Gasteiger partial charge in [-0.15, -0.1) is 0 Å². The zero-order chi connectivity index (χ0) is 20.1. The minimum atomic E-state index is -0.303. The predicted octanol–water partition coefficient (Wildman–Crippen LogP) is 2.90. The van der Waals surface area contributed by atoms with Gasteiger partial charge in [-0.1, -0.05) is 36.8 Å². The fraction of sp³-hybridized carbons (Fsp3) is 0.565. The summed E-state index contributed by atoms with van der Waals surface area (Å²) in [6.45, 7) is 6.97. The Morgan fingerprint density at radius 1 is 1.07 bits per heavy atom. The Morgan fingerprint density at radius 3 is 2.39 bits per heavy atom. The van der Waals surface area contributed by atoms with E-state index in [2.05, 4.69) is 44.2 Å². The van der Waals surface area contributed by atoms with Crippen LogP contribution in [0.1, 0.15) is 48.8 Å². The summed E-state index contributed by atoms with van der Waals surface area (Å²) in [5, 5.41) is 0. The highest BCUT2D eigenvalue weighted by atomic mass is 16.2. The van der Waals surface area contributed by atoms with Crippen molar-refractivity contribution in [3.8, 4) is 0 Å². The van der Waals surface area contributed by atoms with E-state index in [4.69, 9.17) is 5.73 Å². The van der Waals surface area contributed by atoms with Crippen LogP contribution >= 0.6 is 0 Å². The number of hydrogen-bond donors (Lipinski definition) is 1. The Bertz CT molecular complexity index is 715. The van der Waals surface area contributed by atoms with Crippen molar-refractivity contribution in [3.63, 3.8) is 0 Å². The van der Waals surface area contributed by atoms with Crippen LogP contribution in [0.25, 0.3) is 6.08 Å². The van der Waals surface area contributed by atoms with E-state index in [9.17, 15) is 9.59 Å². The van der Waals surface area contributed by atoms with Crippen LogP contribution in [-0.2, 0) is 9.59 Å². The lowest BCUT2D eigenvalue weighted by Gasteiger charge is -2.36. The molecule has 2 fully saturated rings. The summed E-state index contributed by atoms with van der Waals surface area (Å²) in [5.74, 6) is 0.338. The standard InChI is InChI=1S/C23H33N3O2/c1-17-6-5-7-18(2)20(17)10-9-19-11-14-25(15-12-19)22(27)16-26-13-4-3-8-21(26)23(24)28/h5-7,9-10,19,21H,3-4,8,11-16H2,1-2H3,(H2,24,28)/b10-9+. The smallest absolute Gasteiger partial charge is 0.236 e. The van der Waals surface area contributed by atoms with Gasteiger partial charge in [0.25, 0.3) is 0 Å². The van der Waals surface area contributed by atoms with E-state index in [1.807, 2.05) is 9.80 Å². The van der Waals surface area contributed by atoms with Gasteiger partial charge >= 0.3 is 0 Å². The first-order chi connectivity index (χ1) is 13.5. The molecule has 5 heteroatoms. The maximum absolute atomic E-state index is 12.7. The molecule has 1 unspecified atom stereocenters. The number of aryl methyl sites for hydroxylation is 2. The molecule has 5 nitrogen and oxygen atoms in total. The highest BCUT2D eigenvalue weighted by Gasteiger charge is 2.30. The first-order valence-corrected chi connectivity index (χ1v) is 10.5. The number of amides is 2. The van der Waals surface area contributed by atoms with E-state index in [1.54, 1.807) is 0 Å².